The number of thiophene rings is 1. The van der Waals surface area contributed by atoms with Gasteiger partial charge in [-0.1, -0.05) is 0 Å². The van der Waals surface area contributed by atoms with Crippen LogP contribution < -0.4 is 10.2 Å². The number of ether oxygens (including phenoxy) is 1. The van der Waals surface area contributed by atoms with Crippen LogP contribution in [0.2, 0.25) is 0 Å². The normalized spacial score (nSPS) is 14.0. The highest BCUT2D eigenvalue weighted by Gasteiger charge is 2.23. The first-order valence-corrected chi connectivity index (χ1v) is 15.4. The molecule has 0 bridgehead atoms. The fourth-order valence-electron chi connectivity index (χ4n) is 4.49. The molecule has 0 aliphatic carbocycles. The van der Waals surface area contributed by atoms with E-state index in [2.05, 4.69) is 20.3 Å². The lowest BCUT2D eigenvalue weighted by molar-refractivity contribution is 0.102. The fraction of sp³-hybridized carbons (Fsp3) is 0.222. The number of nitrogens with zero attached hydrogens (tertiary/aromatic N) is 6. The zero-order valence-corrected chi connectivity index (χ0v) is 23.7. The van der Waals surface area contributed by atoms with Crippen molar-refractivity contribution < 1.29 is 22.3 Å². The summed E-state index contributed by atoms with van der Waals surface area (Å²) < 4.78 is 45.9. The van der Waals surface area contributed by atoms with E-state index in [0.29, 0.717) is 41.7 Å². The number of hydrogen-bond donors (Lipinski definition) is 1. The Morgan fingerprint density at radius 3 is 2.59 bits per heavy atom. The number of halogens is 1. The van der Waals surface area contributed by atoms with Gasteiger partial charge in [0.1, 0.15) is 5.82 Å². The van der Waals surface area contributed by atoms with Crippen LogP contribution in [-0.2, 0) is 14.6 Å². The Morgan fingerprint density at radius 1 is 1.10 bits per heavy atom. The lowest BCUT2D eigenvalue weighted by atomic mass is 10.1. The van der Waals surface area contributed by atoms with Gasteiger partial charge in [0.2, 0.25) is 0 Å². The largest absolute Gasteiger partial charge is 0.378 e. The number of anilines is 2. The van der Waals surface area contributed by atoms with Crippen LogP contribution in [0.1, 0.15) is 16.2 Å². The zero-order valence-electron chi connectivity index (χ0n) is 22.0. The number of aryl methyl sites for hydroxylation is 1. The van der Waals surface area contributed by atoms with Crippen molar-refractivity contribution in [2.75, 3.05) is 42.8 Å². The quantitative estimate of drug-likeness (QED) is 0.312. The Kier molecular flexibility index (Phi) is 6.97. The van der Waals surface area contributed by atoms with E-state index in [1.807, 2.05) is 18.4 Å². The Bertz CT molecular complexity index is 1880. The molecule has 5 aromatic rings. The summed E-state index contributed by atoms with van der Waals surface area (Å²) in [5.74, 6) is 0.174. The summed E-state index contributed by atoms with van der Waals surface area (Å²) in [7, 11) is -3.77. The summed E-state index contributed by atoms with van der Waals surface area (Å²) in [5.41, 5.74) is 2.64. The fourth-order valence-corrected chi connectivity index (χ4v) is 6.12. The van der Waals surface area contributed by atoms with E-state index < -0.39 is 21.6 Å². The van der Waals surface area contributed by atoms with Crippen LogP contribution in [-0.4, -0.2) is 71.6 Å². The Labute approximate surface area is 238 Å². The summed E-state index contributed by atoms with van der Waals surface area (Å²) in [4.78, 5) is 29.5. The van der Waals surface area contributed by atoms with Crippen LogP contribution in [0.5, 0.6) is 0 Å². The van der Waals surface area contributed by atoms with Crippen LogP contribution in [0.15, 0.2) is 59.1 Å². The van der Waals surface area contributed by atoms with E-state index >= 15 is 0 Å². The first-order chi connectivity index (χ1) is 19.7. The van der Waals surface area contributed by atoms with Crippen molar-refractivity contribution in [2.45, 2.75) is 11.9 Å². The molecule has 0 radical (unpaired) electrons. The Hall–Kier alpha value is -4.27. The van der Waals surface area contributed by atoms with Crippen molar-refractivity contribution in [3.05, 3.63) is 71.2 Å². The van der Waals surface area contributed by atoms with Gasteiger partial charge in [-0.3, -0.25) is 9.78 Å². The third kappa shape index (κ3) is 5.40. The standard InChI is InChI=1S/C27H24FN7O4S2/c1-16-20(25-31-21-7-12-40-24(21)26(32-25)34-8-10-39-11-9-34)13-18(15-29-16)30-27(36)22-14-23(41(2,37)38)35(33-22)19-5-3-17(28)4-6-19/h3-7,12-15H,8-11H2,1-2H3,(H,30,36). The van der Waals surface area contributed by atoms with E-state index in [9.17, 15) is 17.6 Å². The molecular formula is C27H24FN7O4S2. The first kappa shape index (κ1) is 26.9. The summed E-state index contributed by atoms with van der Waals surface area (Å²) in [6.07, 6.45) is 2.51. The molecule has 1 fully saturated rings. The first-order valence-electron chi connectivity index (χ1n) is 12.6. The summed E-state index contributed by atoms with van der Waals surface area (Å²) in [5, 5.41) is 8.72. The monoisotopic (exact) mass is 593 g/mol. The number of rotatable bonds is 6. The highest BCUT2D eigenvalue weighted by Crippen LogP contribution is 2.33. The van der Waals surface area contributed by atoms with Crippen molar-refractivity contribution in [3.63, 3.8) is 0 Å². The molecule has 6 rings (SSSR count). The Balaban J connectivity index is 1.34. The molecule has 4 aromatic heterocycles. The maximum Gasteiger partial charge on any atom is 0.276 e. The maximum absolute atomic E-state index is 13.4. The van der Waals surface area contributed by atoms with Gasteiger partial charge in [0, 0.05) is 36.7 Å². The Morgan fingerprint density at radius 2 is 1.85 bits per heavy atom. The number of fused-ring (bicyclic) bond motifs is 1. The number of pyridine rings is 1. The molecule has 0 spiro atoms. The molecule has 0 atom stereocenters. The van der Waals surface area contributed by atoms with E-state index in [1.54, 1.807) is 17.4 Å². The SMILES string of the molecule is Cc1ncc(NC(=O)c2cc(S(C)(=O)=O)n(-c3ccc(F)cc3)n2)cc1-c1nc(N2CCOCC2)c2sccc2n1. The van der Waals surface area contributed by atoms with Crippen LogP contribution in [0, 0.1) is 12.7 Å². The number of benzene rings is 1. The van der Waals surface area contributed by atoms with Gasteiger partial charge in [-0.15, -0.1) is 11.3 Å². The second kappa shape index (κ2) is 10.6. The molecule has 1 aliphatic rings. The summed E-state index contributed by atoms with van der Waals surface area (Å²) >= 11 is 1.58. The third-order valence-corrected chi connectivity index (χ3v) is 8.49. The molecule has 1 aromatic carbocycles. The summed E-state index contributed by atoms with van der Waals surface area (Å²) in [6, 6.07) is 9.98. The van der Waals surface area contributed by atoms with Crippen molar-refractivity contribution in [2.24, 2.45) is 0 Å². The van der Waals surface area contributed by atoms with Crippen LogP contribution >= 0.6 is 11.3 Å². The average Bonchev–Trinajstić information content (AvgIpc) is 3.62. The molecule has 14 heteroatoms. The maximum atomic E-state index is 13.4. The summed E-state index contributed by atoms with van der Waals surface area (Å²) in [6.45, 7) is 4.51. The number of morpholine rings is 1. The predicted molar refractivity (Wildman–Crippen MR) is 153 cm³/mol. The molecular weight excluding hydrogens is 569 g/mol. The average molecular weight is 594 g/mol. The molecule has 210 valence electrons. The van der Waals surface area contributed by atoms with E-state index in [0.717, 1.165) is 40.1 Å². The van der Waals surface area contributed by atoms with E-state index in [4.69, 9.17) is 14.7 Å². The topological polar surface area (TPSA) is 132 Å². The lowest BCUT2D eigenvalue weighted by Gasteiger charge is -2.28. The van der Waals surface area contributed by atoms with Gasteiger partial charge in [-0.05, 0) is 48.7 Å². The molecule has 0 unspecified atom stereocenters. The highest BCUT2D eigenvalue weighted by atomic mass is 32.2. The molecule has 1 N–H and O–H groups in total. The molecule has 41 heavy (non-hydrogen) atoms. The van der Waals surface area contributed by atoms with Crippen LogP contribution in [0.4, 0.5) is 15.9 Å². The number of amides is 1. The minimum Gasteiger partial charge on any atom is -0.378 e. The van der Waals surface area contributed by atoms with Crippen molar-refractivity contribution in [3.8, 4) is 17.1 Å². The van der Waals surface area contributed by atoms with Crippen LogP contribution in [0.25, 0.3) is 27.3 Å². The molecule has 11 nitrogen and oxygen atoms in total. The minimum atomic E-state index is -3.77. The molecule has 5 heterocycles. The van der Waals surface area contributed by atoms with Gasteiger partial charge < -0.3 is 15.0 Å². The number of nitrogens with one attached hydrogen (secondary N) is 1. The minimum absolute atomic E-state index is 0.137. The molecule has 1 amide bonds. The van der Waals surface area contributed by atoms with Crippen molar-refractivity contribution in [1.29, 1.82) is 0 Å². The number of sulfone groups is 1. The van der Waals surface area contributed by atoms with Gasteiger partial charge in [0.05, 0.1) is 41.0 Å². The van der Waals surface area contributed by atoms with Gasteiger partial charge in [0.15, 0.2) is 32.2 Å². The number of carbonyl (C=O) groups excluding carboxylic acids is 1. The van der Waals surface area contributed by atoms with E-state index in [1.165, 1.54) is 36.5 Å². The highest BCUT2D eigenvalue weighted by molar-refractivity contribution is 7.90. The second-order valence-electron chi connectivity index (χ2n) is 9.44. The number of aromatic nitrogens is 5. The molecule has 0 saturated carbocycles. The third-order valence-electron chi connectivity index (χ3n) is 6.54. The van der Waals surface area contributed by atoms with Crippen LogP contribution in [0.3, 0.4) is 0 Å². The number of hydrogen-bond acceptors (Lipinski definition) is 10. The van der Waals surface area contributed by atoms with Crippen molar-refractivity contribution >= 4 is 48.8 Å². The van der Waals surface area contributed by atoms with Crippen molar-refractivity contribution in [1.82, 2.24) is 24.7 Å². The molecule has 1 saturated heterocycles. The second-order valence-corrected chi connectivity index (χ2v) is 12.3. The number of carbonyl (C=O) groups is 1. The lowest BCUT2D eigenvalue weighted by Crippen LogP contribution is -2.36. The smallest absolute Gasteiger partial charge is 0.276 e. The van der Waals surface area contributed by atoms with Gasteiger partial charge in [0.25, 0.3) is 5.91 Å². The van der Waals surface area contributed by atoms with E-state index in [-0.39, 0.29) is 10.7 Å². The molecule has 1 aliphatic heterocycles. The van der Waals surface area contributed by atoms with Gasteiger partial charge in [-0.2, -0.15) is 5.10 Å². The zero-order chi connectivity index (χ0) is 28.7. The van der Waals surface area contributed by atoms with Gasteiger partial charge >= 0.3 is 0 Å². The predicted octanol–water partition coefficient (Wildman–Crippen LogP) is 3.88. The van der Waals surface area contributed by atoms with Gasteiger partial charge in [-0.25, -0.2) is 27.5 Å².